The van der Waals surface area contributed by atoms with Gasteiger partial charge in [0.2, 0.25) is 0 Å². The molecule has 6 heteroatoms. The van der Waals surface area contributed by atoms with Crippen molar-refractivity contribution in [1.29, 1.82) is 0 Å². The average Bonchev–Trinajstić information content (AvgIpc) is 2.45. The van der Waals surface area contributed by atoms with Crippen molar-refractivity contribution in [3.8, 4) is 0 Å². The first-order chi connectivity index (χ1) is 9.46. The molecule has 1 rings (SSSR count). The first kappa shape index (κ1) is 16.2. The lowest BCUT2D eigenvalue weighted by molar-refractivity contribution is -0.166. The molecule has 0 fully saturated rings. The number of hydrogen-bond acceptors (Lipinski definition) is 6. The Bertz CT molecular complexity index is 414. The van der Waals surface area contributed by atoms with Crippen LogP contribution in [0.2, 0.25) is 0 Å². The van der Waals surface area contributed by atoms with E-state index < -0.39 is 29.2 Å². The predicted molar refractivity (Wildman–Crippen MR) is 69.6 cm³/mol. The second-order valence-electron chi connectivity index (χ2n) is 4.78. The summed E-state index contributed by atoms with van der Waals surface area (Å²) in [5, 5.41) is 0. The van der Waals surface area contributed by atoms with Crippen molar-refractivity contribution in [1.82, 2.24) is 0 Å². The van der Waals surface area contributed by atoms with Crippen molar-refractivity contribution in [3.63, 3.8) is 0 Å². The van der Waals surface area contributed by atoms with Gasteiger partial charge in [-0.3, -0.25) is 14.4 Å². The van der Waals surface area contributed by atoms with E-state index in [2.05, 4.69) is 4.74 Å². The molecule has 0 saturated carbocycles. The minimum absolute atomic E-state index is 0.0450. The Balaban J connectivity index is 3.02. The van der Waals surface area contributed by atoms with E-state index in [1.807, 2.05) is 6.08 Å². The summed E-state index contributed by atoms with van der Waals surface area (Å²) in [5.74, 6) is -1.77. The maximum Gasteiger partial charge on any atom is 0.315 e. The molecule has 1 aliphatic rings. The maximum absolute atomic E-state index is 12.2. The molecule has 112 valence electrons. The van der Waals surface area contributed by atoms with Crippen molar-refractivity contribution in [2.45, 2.75) is 26.2 Å². The number of carbonyl (C=O) groups excluding carboxylic acids is 3. The molecule has 1 aliphatic carbocycles. The van der Waals surface area contributed by atoms with Gasteiger partial charge in [0.1, 0.15) is 12.0 Å². The highest BCUT2D eigenvalue weighted by Crippen LogP contribution is 2.41. The van der Waals surface area contributed by atoms with Crippen molar-refractivity contribution in [2.75, 3.05) is 20.8 Å². The highest BCUT2D eigenvalue weighted by atomic mass is 16.5. The zero-order valence-electron chi connectivity index (χ0n) is 12.0. The zero-order chi connectivity index (χ0) is 15.2. The van der Waals surface area contributed by atoms with Crippen LogP contribution in [0.1, 0.15) is 26.2 Å². The van der Waals surface area contributed by atoms with Crippen LogP contribution in [-0.2, 0) is 28.6 Å². The third kappa shape index (κ3) is 3.59. The molecule has 0 heterocycles. The van der Waals surface area contributed by atoms with E-state index in [0.29, 0.717) is 12.8 Å². The molecule has 2 atom stereocenters. The number of rotatable bonds is 5. The normalized spacial score (nSPS) is 24.9. The third-order valence-electron chi connectivity index (χ3n) is 3.57. The summed E-state index contributed by atoms with van der Waals surface area (Å²) >= 11 is 0. The number of allylic oxidation sites excluding steroid dienone is 2. The van der Waals surface area contributed by atoms with Gasteiger partial charge in [-0.1, -0.05) is 12.2 Å². The van der Waals surface area contributed by atoms with Crippen LogP contribution in [0.25, 0.3) is 0 Å². The van der Waals surface area contributed by atoms with E-state index in [1.165, 1.54) is 21.1 Å². The molecule has 20 heavy (non-hydrogen) atoms. The minimum atomic E-state index is -1.02. The quantitative estimate of drug-likeness (QED) is 0.429. The number of carbonyl (C=O) groups is 3. The summed E-state index contributed by atoms with van der Waals surface area (Å²) in [4.78, 5) is 34.7. The first-order valence-corrected chi connectivity index (χ1v) is 6.41. The summed E-state index contributed by atoms with van der Waals surface area (Å²) < 4.78 is 14.5. The smallest absolute Gasteiger partial charge is 0.315 e. The number of methoxy groups -OCH3 is 2. The van der Waals surface area contributed by atoms with E-state index >= 15 is 0 Å². The minimum Gasteiger partial charge on any atom is -0.469 e. The van der Waals surface area contributed by atoms with E-state index in [9.17, 15) is 14.4 Å². The van der Waals surface area contributed by atoms with E-state index in [1.54, 1.807) is 6.08 Å². The van der Waals surface area contributed by atoms with Gasteiger partial charge in [-0.25, -0.2) is 0 Å². The largest absolute Gasteiger partial charge is 0.469 e. The van der Waals surface area contributed by atoms with Crippen LogP contribution < -0.4 is 0 Å². The van der Waals surface area contributed by atoms with Crippen molar-refractivity contribution >= 4 is 17.9 Å². The molecule has 0 aromatic heterocycles. The molecular weight excluding hydrogens is 264 g/mol. The Morgan fingerprint density at radius 1 is 1.25 bits per heavy atom. The summed E-state index contributed by atoms with van der Waals surface area (Å²) in [7, 11) is 2.58. The molecule has 0 N–H and O–H groups in total. The fourth-order valence-electron chi connectivity index (χ4n) is 2.42. The van der Waals surface area contributed by atoms with Gasteiger partial charge in [0, 0.05) is 12.8 Å². The summed E-state index contributed by atoms with van der Waals surface area (Å²) in [6.07, 6.45) is 4.87. The first-order valence-electron chi connectivity index (χ1n) is 6.41. The molecule has 0 aromatic carbocycles. The fraction of sp³-hybridized carbons (Fsp3) is 0.643. The molecule has 0 radical (unpaired) electrons. The Hall–Kier alpha value is -1.85. The van der Waals surface area contributed by atoms with Gasteiger partial charge in [-0.2, -0.15) is 0 Å². The monoisotopic (exact) mass is 284 g/mol. The highest BCUT2D eigenvalue weighted by Gasteiger charge is 2.48. The van der Waals surface area contributed by atoms with Gasteiger partial charge in [0.15, 0.2) is 0 Å². The van der Waals surface area contributed by atoms with E-state index in [4.69, 9.17) is 9.47 Å². The van der Waals surface area contributed by atoms with Gasteiger partial charge >= 0.3 is 17.9 Å². The topological polar surface area (TPSA) is 78.9 Å². The molecule has 0 spiro atoms. The molecule has 6 nitrogen and oxygen atoms in total. The van der Waals surface area contributed by atoms with Crippen LogP contribution in [0.5, 0.6) is 0 Å². The van der Waals surface area contributed by atoms with Crippen LogP contribution >= 0.6 is 0 Å². The second kappa shape index (κ2) is 7.07. The van der Waals surface area contributed by atoms with Crippen LogP contribution in [-0.4, -0.2) is 38.7 Å². The third-order valence-corrected chi connectivity index (χ3v) is 3.57. The van der Waals surface area contributed by atoms with E-state index in [-0.39, 0.29) is 13.0 Å². The molecule has 0 unspecified atom stereocenters. The summed E-state index contributed by atoms with van der Waals surface area (Å²) in [5.41, 5.74) is -1.02. The summed E-state index contributed by atoms with van der Waals surface area (Å²) in [6.45, 7) is 1.18. The Morgan fingerprint density at radius 2 is 1.95 bits per heavy atom. The highest BCUT2D eigenvalue weighted by molar-refractivity contribution is 5.80. The number of esters is 3. The standard InChI is InChI=1S/C14H20O6/c1-10(15)20-9-14(13(17)19-3)7-5-4-6-11(14)8-12(16)18-2/h4,6,11H,5,7-9H2,1-3H3/t11-,14-/m0/s1. The Labute approximate surface area is 118 Å². The lowest BCUT2D eigenvalue weighted by Gasteiger charge is -2.37. The second-order valence-corrected chi connectivity index (χ2v) is 4.78. The van der Waals surface area contributed by atoms with Crippen molar-refractivity contribution in [2.24, 2.45) is 11.3 Å². The van der Waals surface area contributed by atoms with Crippen LogP contribution in [0.15, 0.2) is 12.2 Å². The molecule has 0 saturated heterocycles. The lowest BCUT2D eigenvalue weighted by atomic mass is 9.68. The van der Waals surface area contributed by atoms with Gasteiger partial charge < -0.3 is 14.2 Å². The number of hydrogen-bond donors (Lipinski definition) is 0. The van der Waals surface area contributed by atoms with Crippen molar-refractivity contribution in [3.05, 3.63) is 12.2 Å². The van der Waals surface area contributed by atoms with Gasteiger partial charge in [-0.05, 0) is 12.8 Å². The van der Waals surface area contributed by atoms with Gasteiger partial charge in [0.05, 0.1) is 20.6 Å². The molecular formula is C14H20O6. The van der Waals surface area contributed by atoms with Crippen LogP contribution in [0.3, 0.4) is 0 Å². The zero-order valence-corrected chi connectivity index (χ0v) is 12.0. The maximum atomic E-state index is 12.2. The fourth-order valence-corrected chi connectivity index (χ4v) is 2.42. The van der Waals surface area contributed by atoms with Gasteiger partial charge in [-0.15, -0.1) is 0 Å². The Morgan fingerprint density at radius 3 is 2.50 bits per heavy atom. The van der Waals surface area contributed by atoms with Gasteiger partial charge in [0.25, 0.3) is 0 Å². The average molecular weight is 284 g/mol. The lowest BCUT2D eigenvalue weighted by Crippen LogP contribution is -2.45. The van der Waals surface area contributed by atoms with Crippen LogP contribution in [0.4, 0.5) is 0 Å². The SMILES string of the molecule is COC(=O)C[C@@H]1C=CCC[C@@]1(COC(C)=O)C(=O)OC. The van der Waals surface area contributed by atoms with Crippen LogP contribution in [0, 0.1) is 11.3 Å². The molecule has 0 aromatic rings. The molecule has 0 bridgehead atoms. The van der Waals surface area contributed by atoms with Crippen molar-refractivity contribution < 1.29 is 28.6 Å². The molecule has 0 amide bonds. The van der Waals surface area contributed by atoms with E-state index in [0.717, 1.165) is 0 Å². The number of ether oxygens (including phenoxy) is 3. The summed E-state index contributed by atoms with van der Waals surface area (Å²) in [6, 6.07) is 0. The Kier molecular flexibility index (Phi) is 5.73. The predicted octanol–water partition coefficient (Wildman–Crippen LogP) is 1.24. The molecule has 0 aliphatic heterocycles.